The summed E-state index contributed by atoms with van der Waals surface area (Å²) in [6.45, 7) is 0. The van der Waals surface area contributed by atoms with E-state index in [1.807, 2.05) is 48.5 Å². The van der Waals surface area contributed by atoms with E-state index in [0.29, 0.717) is 15.9 Å². The fourth-order valence-corrected chi connectivity index (χ4v) is 3.68. The second kappa shape index (κ2) is 7.39. The second-order valence-corrected chi connectivity index (χ2v) is 6.79. The van der Waals surface area contributed by atoms with Crippen molar-refractivity contribution in [3.8, 4) is 0 Å². The number of carbonyl (C=O) groups excluding carboxylic acids is 2. The number of thiazole rings is 1. The van der Waals surface area contributed by atoms with Gasteiger partial charge in [0.25, 0.3) is 11.8 Å². The van der Waals surface area contributed by atoms with E-state index in [9.17, 15) is 9.59 Å². The normalized spacial score (nSPS) is 11.5. The summed E-state index contributed by atoms with van der Waals surface area (Å²) >= 11 is 1.34. The summed E-state index contributed by atoms with van der Waals surface area (Å²) in [7, 11) is 0. The molecule has 0 aliphatic rings. The Hall–Kier alpha value is -3.51. The van der Waals surface area contributed by atoms with E-state index in [4.69, 9.17) is 0 Å². The van der Waals surface area contributed by atoms with Crippen molar-refractivity contribution in [1.82, 2.24) is 9.99 Å². The van der Waals surface area contributed by atoms with E-state index in [1.165, 1.54) is 15.9 Å². The van der Waals surface area contributed by atoms with Crippen LogP contribution in [-0.4, -0.2) is 16.4 Å². The van der Waals surface area contributed by atoms with Gasteiger partial charge >= 0.3 is 0 Å². The maximum atomic E-state index is 13.1. The van der Waals surface area contributed by atoms with Gasteiger partial charge in [-0.1, -0.05) is 59.9 Å². The van der Waals surface area contributed by atoms with Crippen LogP contribution in [0.3, 0.4) is 0 Å². The zero-order valence-electron chi connectivity index (χ0n) is 14.2. The predicted octanol–water partition coefficient (Wildman–Crippen LogP) is 3.64. The first-order chi connectivity index (χ1) is 13.2. The zero-order chi connectivity index (χ0) is 18.6. The van der Waals surface area contributed by atoms with E-state index >= 15 is 0 Å². The van der Waals surface area contributed by atoms with Crippen LogP contribution < -0.4 is 10.2 Å². The Morgan fingerprint density at radius 3 is 2.07 bits per heavy atom. The van der Waals surface area contributed by atoms with Gasteiger partial charge in [-0.15, -0.1) is 5.10 Å². The van der Waals surface area contributed by atoms with Crippen molar-refractivity contribution in [2.75, 3.05) is 0 Å². The highest BCUT2D eigenvalue weighted by Gasteiger charge is 2.15. The molecule has 5 nitrogen and oxygen atoms in total. The Kier molecular flexibility index (Phi) is 4.63. The zero-order valence-corrected chi connectivity index (χ0v) is 15.0. The van der Waals surface area contributed by atoms with Crippen molar-refractivity contribution in [2.45, 2.75) is 0 Å². The molecule has 0 atom stereocenters. The van der Waals surface area contributed by atoms with Crippen LogP contribution in [0.15, 0.2) is 90.0 Å². The monoisotopic (exact) mass is 373 g/mol. The molecular weight excluding hydrogens is 358 g/mol. The fourth-order valence-electron chi connectivity index (χ4n) is 2.71. The van der Waals surface area contributed by atoms with Crippen molar-refractivity contribution in [2.24, 2.45) is 5.10 Å². The van der Waals surface area contributed by atoms with E-state index in [2.05, 4.69) is 10.5 Å². The third-order valence-electron chi connectivity index (χ3n) is 4.01. The Labute approximate surface area is 159 Å². The number of amides is 1. The topological polar surface area (TPSA) is 63.5 Å². The first-order valence-electron chi connectivity index (χ1n) is 8.33. The number of rotatable bonds is 3. The van der Waals surface area contributed by atoms with E-state index < -0.39 is 0 Å². The van der Waals surface area contributed by atoms with Crippen LogP contribution in [0.1, 0.15) is 20.7 Å². The molecule has 0 saturated heterocycles. The summed E-state index contributed by atoms with van der Waals surface area (Å²) in [4.78, 5) is 25.8. The standard InChI is InChI=1S/C21H15N3O2S/c25-19(15-9-3-1-4-10-15)22-23-21-24(17-13-7-8-14-18(17)27-21)20(26)16-11-5-2-6-12-16/h1-14H,(H,22,25). The number of para-hydroxylation sites is 1. The number of aromatic nitrogens is 1. The summed E-state index contributed by atoms with van der Waals surface area (Å²) < 4.78 is 2.44. The number of carbonyl (C=O) groups is 2. The van der Waals surface area contributed by atoms with Gasteiger partial charge in [0.05, 0.1) is 10.2 Å². The van der Waals surface area contributed by atoms with Crippen LogP contribution in [0.5, 0.6) is 0 Å². The molecular formula is C21H15N3O2S. The van der Waals surface area contributed by atoms with Gasteiger partial charge in [0.15, 0.2) is 0 Å². The third kappa shape index (κ3) is 3.43. The molecule has 0 saturated carbocycles. The second-order valence-electron chi connectivity index (χ2n) is 5.78. The number of nitrogens with zero attached hydrogens (tertiary/aromatic N) is 2. The molecule has 1 N–H and O–H groups in total. The van der Waals surface area contributed by atoms with Gasteiger partial charge in [0.2, 0.25) is 4.80 Å². The lowest BCUT2D eigenvalue weighted by atomic mass is 10.2. The van der Waals surface area contributed by atoms with Crippen LogP contribution in [0.2, 0.25) is 0 Å². The average molecular weight is 373 g/mol. The molecule has 0 radical (unpaired) electrons. The molecule has 132 valence electrons. The highest BCUT2D eigenvalue weighted by atomic mass is 32.1. The molecule has 0 spiro atoms. The molecule has 0 unspecified atom stereocenters. The van der Waals surface area contributed by atoms with Gasteiger partial charge in [0, 0.05) is 11.1 Å². The molecule has 0 aliphatic carbocycles. The van der Waals surface area contributed by atoms with Crippen molar-refractivity contribution < 1.29 is 9.59 Å². The minimum atomic E-state index is -0.327. The van der Waals surface area contributed by atoms with E-state index in [-0.39, 0.29) is 11.8 Å². The predicted molar refractivity (Wildman–Crippen MR) is 105 cm³/mol. The lowest BCUT2D eigenvalue weighted by Gasteiger charge is -2.04. The van der Waals surface area contributed by atoms with Crippen LogP contribution in [-0.2, 0) is 0 Å². The van der Waals surface area contributed by atoms with Crippen molar-refractivity contribution in [1.29, 1.82) is 0 Å². The van der Waals surface area contributed by atoms with Gasteiger partial charge in [-0.2, -0.15) is 0 Å². The number of hydrogen-bond acceptors (Lipinski definition) is 4. The summed E-state index contributed by atoms with van der Waals surface area (Å²) in [6.07, 6.45) is 0. The minimum absolute atomic E-state index is 0.194. The Balaban J connectivity index is 1.79. The first kappa shape index (κ1) is 16.9. The maximum Gasteiger partial charge on any atom is 0.271 e. The van der Waals surface area contributed by atoms with E-state index in [0.717, 1.165) is 10.2 Å². The van der Waals surface area contributed by atoms with Crippen LogP contribution >= 0.6 is 11.3 Å². The molecule has 6 heteroatoms. The molecule has 4 aromatic rings. The molecule has 3 aromatic carbocycles. The summed E-state index contributed by atoms with van der Waals surface area (Å²) in [5, 5.41) is 4.23. The van der Waals surface area contributed by atoms with Gasteiger partial charge in [-0.05, 0) is 36.4 Å². The smallest absolute Gasteiger partial charge is 0.268 e. The summed E-state index contributed by atoms with van der Waals surface area (Å²) in [5.74, 6) is -0.521. The summed E-state index contributed by atoms with van der Waals surface area (Å²) in [6, 6.07) is 25.4. The van der Waals surface area contributed by atoms with Crippen molar-refractivity contribution in [3.63, 3.8) is 0 Å². The Morgan fingerprint density at radius 2 is 1.37 bits per heavy atom. The van der Waals surface area contributed by atoms with Crippen molar-refractivity contribution >= 4 is 33.4 Å². The number of fused-ring (bicyclic) bond motifs is 1. The highest BCUT2D eigenvalue weighted by molar-refractivity contribution is 7.16. The van der Waals surface area contributed by atoms with Gasteiger partial charge < -0.3 is 0 Å². The largest absolute Gasteiger partial charge is 0.271 e. The maximum absolute atomic E-state index is 13.1. The molecule has 0 aliphatic heterocycles. The fraction of sp³-hybridized carbons (Fsp3) is 0. The molecule has 1 amide bonds. The third-order valence-corrected chi connectivity index (χ3v) is 5.03. The molecule has 1 heterocycles. The lowest BCUT2D eigenvalue weighted by Crippen LogP contribution is -2.28. The van der Waals surface area contributed by atoms with E-state index in [1.54, 1.807) is 36.4 Å². The van der Waals surface area contributed by atoms with Gasteiger partial charge in [-0.25, -0.2) is 9.99 Å². The summed E-state index contributed by atoms with van der Waals surface area (Å²) in [5.41, 5.74) is 4.36. The average Bonchev–Trinajstić information content (AvgIpc) is 3.11. The molecule has 4 rings (SSSR count). The van der Waals surface area contributed by atoms with Crippen LogP contribution in [0, 0.1) is 0 Å². The molecule has 0 fully saturated rings. The Bertz CT molecular complexity index is 1180. The molecule has 1 aromatic heterocycles. The molecule has 27 heavy (non-hydrogen) atoms. The van der Waals surface area contributed by atoms with Crippen LogP contribution in [0.4, 0.5) is 0 Å². The Morgan fingerprint density at radius 1 is 0.778 bits per heavy atom. The SMILES string of the molecule is O=C(NN=c1sc2ccccc2n1C(=O)c1ccccc1)c1ccccc1. The number of nitrogens with one attached hydrogen (secondary N) is 1. The van der Waals surface area contributed by atoms with Crippen molar-refractivity contribution in [3.05, 3.63) is 101 Å². The number of hydrogen-bond donors (Lipinski definition) is 1. The van der Waals surface area contributed by atoms with Gasteiger partial charge in [-0.3, -0.25) is 9.59 Å². The molecule has 0 bridgehead atoms. The quantitative estimate of drug-likeness (QED) is 0.557. The minimum Gasteiger partial charge on any atom is -0.268 e. The highest BCUT2D eigenvalue weighted by Crippen LogP contribution is 2.18. The van der Waals surface area contributed by atoms with Crippen LogP contribution in [0.25, 0.3) is 10.2 Å². The lowest BCUT2D eigenvalue weighted by molar-refractivity contribution is 0.0939. The first-order valence-corrected chi connectivity index (χ1v) is 9.15. The number of benzene rings is 3. The van der Waals surface area contributed by atoms with Gasteiger partial charge in [0.1, 0.15) is 0 Å².